The molecule has 20 heavy (non-hydrogen) atoms. The van der Waals surface area contributed by atoms with Crippen LogP contribution < -0.4 is 9.47 Å². The number of esters is 1. The molecule has 104 valence electrons. The Bertz CT molecular complexity index is 638. The van der Waals surface area contributed by atoms with E-state index in [1.165, 1.54) is 13.2 Å². The van der Waals surface area contributed by atoms with E-state index in [2.05, 4.69) is 0 Å². The van der Waals surface area contributed by atoms with Gasteiger partial charge >= 0.3 is 5.97 Å². The van der Waals surface area contributed by atoms with Crippen molar-refractivity contribution in [3.63, 3.8) is 0 Å². The Morgan fingerprint density at radius 2 is 1.95 bits per heavy atom. The van der Waals surface area contributed by atoms with Crippen LogP contribution in [0.2, 0.25) is 0 Å². The Morgan fingerprint density at radius 1 is 1.15 bits per heavy atom. The van der Waals surface area contributed by atoms with Crippen molar-refractivity contribution in [2.24, 2.45) is 0 Å². The van der Waals surface area contributed by atoms with E-state index in [0.717, 1.165) is 11.3 Å². The van der Waals surface area contributed by atoms with E-state index in [-0.39, 0.29) is 0 Å². The summed E-state index contributed by atoms with van der Waals surface area (Å²) in [6.07, 6.45) is 2.88. The molecular weight excluding hydrogens is 256 g/mol. The molecule has 0 radical (unpaired) electrons. The molecule has 1 heterocycles. The maximum atomic E-state index is 11.7. The second-order valence-corrected chi connectivity index (χ2v) is 4.36. The van der Waals surface area contributed by atoms with Crippen molar-refractivity contribution >= 4 is 12.0 Å². The number of ether oxygens (including phenoxy) is 2. The van der Waals surface area contributed by atoms with E-state index in [1.807, 2.05) is 32.0 Å². The Kier molecular flexibility index (Phi) is 4.25. The predicted molar refractivity (Wildman–Crippen MR) is 75.8 cm³/mol. The van der Waals surface area contributed by atoms with Crippen molar-refractivity contribution in [1.29, 1.82) is 0 Å². The number of rotatable bonds is 4. The maximum Gasteiger partial charge on any atom is 0.336 e. The van der Waals surface area contributed by atoms with Gasteiger partial charge in [0.15, 0.2) is 11.5 Å². The van der Waals surface area contributed by atoms with Crippen LogP contribution in [0.3, 0.4) is 0 Å². The molecule has 4 nitrogen and oxygen atoms in total. The molecule has 0 unspecified atom stereocenters. The van der Waals surface area contributed by atoms with E-state index >= 15 is 0 Å². The van der Waals surface area contributed by atoms with Gasteiger partial charge in [0.25, 0.3) is 0 Å². The molecule has 0 fully saturated rings. The molecule has 0 aliphatic heterocycles. The third-order valence-electron chi connectivity index (χ3n) is 2.67. The average molecular weight is 272 g/mol. The van der Waals surface area contributed by atoms with Gasteiger partial charge in [0.1, 0.15) is 11.5 Å². The third-order valence-corrected chi connectivity index (χ3v) is 2.67. The van der Waals surface area contributed by atoms with Gasteiger partial charge in [0, 0.05) is 6.08 Å². The second-order valence-electron chi connectivity index (χ2n) is 4.36. The zero-order chi connectivity index (χ0) is 14.5. The summed E-state index contributed by atoms with van der Waals surface area (Å²) in [5.41, 5.74) is 1.03. The van der Waals surface area contributed by atoms with Gasteiger partial charge in [-0.15, -0.1) is 0 Å². The summed E-state index contributed by atoms with van der Waals surface area (Å²) in [7, 11) is 1.54. The van der Waals surface area contributed by atoms with E-state index < -0.39 is 5.97 Å². The number of hydrogen-bond donors (Lipinski definition) is 0. The first-order valence-corrected chi connectivity index (χ1v) is 6.19. The highest BCUT2D eigenvalue weighted by molar-refractivity contribution is 5.88. The van der Waals surface area contributed by atoms with Gasteiger partial charge in [0.2, 0.25) is 0 Å². The molecule has 0 spiro atoms. The number of methoxy groups -OCH3 is 1. The van der Waals surface area contributed by atoms with Crippen molar-refractivity contribution in [1.82, 2.24) is 0 Å². The molecule has 2 rings (SSSR count). The smallest absolute Gasteiger partial charge is 0.336 e. The van der Waals surface area contributed by atoms with Gasteiger partial charge in [0.05, 0.1) is 7.11 Å². The zero-order valence-electron chi connectivity index (χ0n) is 11.7. The average Bonchev–Trinajstić information content (AvgIpc) is 2.84. The molecule has 1 aromatic carbocycles. The molecule has 0 saturated heterocycles. The van der Waals surface area contributed by atoms with E-state index in [4.69, 9.17) is 13.9 Å². The summed E-state index contributed by atoms with van der Waals surface area (Å²) in [5, 5.41) is 0. The first-order chi connectivity index (χ1) is 9.58. The van der Waals surface area contributed by atoms with E-state index in [0.29, 0.717) is 17.3 Å². The van der Waals surface area contributed by atoms with Gasteiger partial charge in [-0.25, -0.2) is 4.79 Å². The van der Waals surface area contributed by atoms with Gasteiger partial charge < -0.3 is 13.9 Å². The van der Waals surface area contributed by atoms with Gasteiger partial charge in [-0.1, -0.05) is 6.07 Å². The molecular formula is C16H16O4. The van der Waals surface area contributed by atoms with Crippen LogP contribution in [0.1, 0.15) is 17.1 Å². The minimum Gasteiger partial charge on any atom is -0.493 e. The number of benzene rings is 1. The first kappa shape index (κ1) is 13.9. The summed E-state index contributed by atoms with van der Waals surface area (Å²) >= 11 is 0. The quantitative estimate of drug-likeness (QED) is 0.485. The van der Waals surface area contributed by atoms with Gasteiger partial charge in [-0.3, -0.25) is 0 Å². The lowest BCUT2D eigenvalue weighted by Crippen LogP contribution is -2.05. The largest absolute Gasteiger partial charge is 0.493 e. The van der Waals surface area contributed by atoms with E-state index in [9.17, 15) is 4.79 Å². The molecule has 0 amide bonds. The fourth-order valence-electron chi connectivity index (χ4n) is 1.69. The fraction of sp³-hybridized carbons (Fsp3) is 0.188. The molecule has 0 bridgehead atoms. The lowest BCUT2D eigenvalue weighted by molar-refractivity contribution is -0.129. The Balaban J connectivity index is 2.06. The second kappa shape index (κ2) is 6.10. The SMILES string of the molecule is COc1cc(C)ccc1OC(=O)/C=C/c1ccc(C)o1. The Morgan fingerprint density at radius 3 is 2.60 bits per heavy atom. The highest BCUT2D eigenvalue weighted by Crippen LogP contribution is 2.27. The number of carbonyl (C=O) groups excluding carboxylic acids is 1. The molecule has 0 atom stereocenters. The number of carbonyl (C=O) groups is 1. The third kappa shape index (κ3) is 3.51. The molecule has 2 aromatic rings. The van der Waals surface area contributed by atoms with Crippen LogP contribution in [0.5, 0.6) is 11.5 Å². The minimum atomic E-state index is -0.485. The first-order valence-electron chi connectivity index (χ1n) is 6.19. The maximum absolute atomic E-state index is 11.7. The van der Waals surface area contributed by atoms with Gasteiger partial charge in [-0.05, 0) is 49.8 Å². The van der Waals surface area contributed by atoms with Crippen molar-refractivity contribution in [2.75, 3.05) is 7.11 Å². The lowest BCUT2D eigenvalue weighted by atomic mass is 10.2. The summed E-state index contributed by atoms with van der Waals surface area (Å²) in [6, 6.07) is 8.98. The number of furan rings is 1. The van der Waals surface area contributed by atoms with Crippen molar-refractivity contribution in [3.05, 3.63) is 53.5 Å². The zero-order valence-corrected chi connectivity index (χ0v) is 11.7. The molecule has 1 aromatic heterocycles. The molecule has 0 N–H and O–H groups in total. The summed E-state index contributed by atoms with van der Waals surface area (Å²) < 4.78 is 15.7. The van der Waals surface area contributed by atoms with Crippen molar-refractivity contribution in [3.8, 4) is 11.5 Å². The standard InChI is InChI=1S/C16H16O4/c1-11-4-8-14(15(10-11)18-3)20-16(17)9-7-13-6-5-12(2)19-13/h4-10H,1-3H3/b9-7+. The summed E-state index contributed by atoms with van der Waals surface area (Å²) in [4.78, 5) is 11.7. The summed E-state index contributed by atoms with van der Waals surface area (Å²) in [5.74, 6) is 1.83. The number of hydrogen-bond acceptors (Lipinski definition) is 4. The molecule has 0 aliphatic carbocycles. The molecule has 0 saturated carbocycles. The normalized spacial score (nSPS) is 10.8. The van der Waals surface area contributed by atoms with Gasteiger partial charge in [-0.2, -0.15) is 0 Å². The van der Waals surface area contributed by atoms with Crippen LogP contribution in [-0.4, -0.2) is 13.1 Å². The highest BCUT2D eigenvalue weighted by atomic mass is 16.6. The van der Waals surface area contributed by atoms with Crippen LogP contribution >= 0.6 is 0 Å². The summed E-state index contributed by atoms with van der Waals surface area (Å²) in [6.45, 7) is 3.78. The van der Waals surface area contributed by atoms with Crippen molar-refractivity contribution < 1.29 is 18.7 Å². The molecule has 4 heteroatoms. The topological polar surface area (TPSA) is 48.7 Å². The fourth-order valence-corrected chi connectivity index (χ4v) is 1.69. The predicted octanol–water partition coefficient (Wildman–Crippen LogP) is 3.52. The lowest BCUT2D eigenvalue weighted by Gasteiger charge is -2.08. The van der Waals surface area contributed by atoms with Crippen LogP contribution in [-0.2, 0) is 4.79 Å². The van der Waals surface area contributed by atoms with Crippen LogP contribution in [0.25, 0.3) is 6.08 Å². The Hall–Kier alpha value is -2.49. The monoisotopic (exact) mass is 272 g/mol. The van der Waals surface area contributed by atoms with Crippen LogP contribution in [0.15, 0.2) is 40.8 Å². The minimum absolute atomic E-state index is 0.392. The van der Waals surface area contributed by atoms with Crippen LogP contribution in [0, 0.1) is 13.8 Å². The van der Waals surface area contributed by atoms with Crippen LogP contribution in [0.4, 0.5) is 0 Å². The molecule has 0 aliphatic rings. The number of aryl methyl sites for hydroxylation is 2. The van der Waals surface area contributed by atoms with Crippen molar-refractivity contribution in [2.45, 2.75) is 13.8 Å². The van der Waals surface area contributed by atoms with E-state index in [1.54, 1.807) is 18.2 Å². The Labute approximate surface area is 117 Å². The highest BCUT2D eigenvalue weighted by Gasteiger charge is 2.08.